The number of carbonyl (C=O) groups is 1. The Kier molecular flexibility index (Phi) is 1.32. The first-order valence-corrected chi connectivity index (χ1v) is 4.67. The largest absolute Gasteiger partial charge is 0.382 e. The van der Waals surface area contributed by atoms with Crippen LogP contribution in [0.5, 0.6) is 0 Å². The zero-order chi connectivity index (χ0) is 9.15. The Hall–Kier alpha value is -0.370. The van der Waals surface area contributed by atoms with Crippen molar-refractivity contribution in [2.75, 3.05) is 0 Å². The van der Waals surface area contributed by atoms with Crippen molar-refractivity contribution < 1.29 is 9.90 Å². The van der Waals surface area contributed by atoms with Gasteiger partial charge in [0.15, 0.2) is 5.78 Å². The number of hydrogen-bond acceptors (Lipinski definition) is 2. The van der Waals surface area contributed by atoms with Gasteiger partial charge < -0.3 is 5.11 Å². The minimum atomic E-state index is -1.01. The van der Waals surface area contributed by atoms with Gasteiger partial charge in [0.05, 0.1) is 0 Å². The van der Waals surface area contributed by atoms with E-state index in [0.717, 1.165) is 6.42 Å². The Morgan fingerprint density at radius 3 is 2.42 bits per heavy atom. The molecule has 68 valence electrons. The smallest absolute Gasteiger partial charge is 0.164 e. The average Bonchev–Trinajstić information content (AvgIpc) is 2.59. The minimum Gasteiger partial charge on any atom is -0.382 e. The fraction of sp³-hybridized carbons (Fsp3) is 0.900. The van der Waals surface area contributed by atoms with Crippen molar-refractivity contribution in [3.05, 3.63) is 0 Å². The first-order chi connectivity index (χ1) is 5.41. The zero-order valence-electron chi connectivity index (χ0n) is 7.92. The maximum Gasteiger partial charge on any atom is 0.164 e. The molecule has 2 heteroatoms. The quantitative estimate of drug-likeness (QED) is 0.642. The van der Waals surface area contributed by atoms with Crippen LogP contribution in [0.4, 0.5) is 0 Å². The number of Topliss-reactive ketones (excluding diaryl/α,β-unsaturated/α-hetero) is 1. The van der Waals surface area contributed by atoms with Gasteiger partial charge in [-0.25, -0.2) is 0 Å². The van der Waals surface area contributed by atoms with Gasteiger partial charge in [-0.2, -0.15) is 0 Å². The van der Waals surface area contributed by atoms with Gasteiger partial charge in [-0.3, -0.25) is 4.79 Å². The van der Waals surface area contributed by atoms with Crippen molar-refractivity contribution in [3.63, 3.8) is 0 Å². The number of aliphatic hydroxyl groups is 1. The van der Waals surface area contributed by atoms with Crippen molar-refractivity contribution in [1.82, 2.24) is 0 Å². The third kappa shape index (κ3) is 0.717. The lowest BCUT2D eigenvalue weighted by molar-refractivity contribution is -0.134. The Balaban J connectivity index is 2.28. The number of hydrogen-bond donors (Lipinski definition) is 1. The van der Waals surface area contributed by atoms with Crippen LogP contribution < -0.4 is 0 Å². The molecular formula is C10H16O2. The molecule has 1 N–H and O–H groups in total. The maximum atomic E-state index is 11.4. The molecular weight excluding hydrogens is 152 g/mol. The highest BCUT2D eigenvalue weighted by Gasteiger charge is 2.71. The topological polar surface area (TPSA) is 37.3 Å². The molecule has 2 aliphatic rings. The van der Waals surface area contributed by atoms with Gasteiger partial charge in [0.1, 0.15) is 5.60 Å². The molecule has 0 aliphatic heterocycles. The van der Waals surface area contributed by atoms with Crippen LogP contribution in [0.1, 0.15) is 33.6 Å². The summed E-state index contributed by atoms with van der Waals surface area (Å²) in [6.07, 6.45) is 1.64. The Labute approximate surface area is 73.0 Å². The normalized spacial score (nSPS) is 51.4. The van der Waals surface area contributed by atoms with E-state index in [9.17, 15) is 9.90 Å². The lowest BCUT2D eigenvalue weighted by atomic mass is 9.90. The van der Waals surface area contributed by atoms with E-state index in [1.165, 1.54) is 0 Å². The molecule has 2 fully saturated rings. The molecule has 0 bridgehead atoms. The second-order valence-corrected chi connectivity index (χ2v) is 4.89. The van der Waals surface area contributed by atoms with Crippen molar-refractivity contribution in [1.29, 1.82) is 0 Å². The van der Waals surface area contributed by atoms with Gasteiger partial charge in [0, 0.05) is 12.3 Å². The Bertz CT molecular complexity index is 242. The van der Waals surface area contributed by atoms with E-state index < -0.39 is 5.60 Å². The van der Waals surface area contributed by atoms with Crippen molar-refractivity contribution >= 4 is 5.78 Å². The third-order valence-corrected chi connectivity index (χ3v) is 4.00. The summed E-state index contributed by atoms with van der Waals surface area (Å²) in [5, 5.41) is 9.84. The van der Waals surface area contributed by atoms with Crippen LogP contribution in [0.15, 0.2) is 0 Å². The predicted molar refractivity (Wildman–Crippen MR) is 45.6 cm³/mol. The van der Waals surface area contributed by atoms with E-state index in [4.69, 9.17) is 0 Å². The molecule has 3 atom stereocenters. The summed E-state index contributed by atoms with van der Waals surface area (Å²) >= 11 is 0. The van der Waals surface area contributed by atoms with E-state index >= 15 is 0 Å². The second kappa shape index (κ2) is 1.92. The molecule has 0 unspecified atom stereocenters. The van der Waals surface area contributed by atoms with Crippen LogP contribution >= 0.6 is 0 Å². The zero-order valence-corrected chi connectivity index (χ0v) is 7.92. The van der Waals surface area contributed by atoms with Gasteiger partial charge in [-0.15, -0.1) is 0 Å². The summed E-state index contributed by atoms with van der Waals surface area (Å²) in [4.78, 5) is 11.4. The highest BCUT2D eigenvalue weighted by Crippen LogP contribution is 2.69. The minimum absolute atomic E-state index is 0.0486. The van der Waals surface area contributed by atoms with Crippen LogP contribution in [0.25, 0.3) is 0 Å². The summed E-state index contributed by atoms with van der Waals surface area (Å²) in [6.45, 7) is 5.97. The second-order valence-electron chi connectivity index (χ2n) is 4.89. The lowest BCUT2D eigenvalue weighted by Gasteiger charge is -2.15. The summed E-state index contributed by atoms with van der Waals surface area (Å²) in [6, 6.07) is 0. The molecule has 0 saturated heterocycles. The highest BCUT2D eigenvalue weighted by molar-refractivity contribution is 5.92. The Morgan fingerprint density at radius 2 is 2.17 bits per heavy atom. The summed E-state index contributed by atoms with van der Waals surface area (Å²) in [7, 11) is 0. The van der Waals surface area contributed by atoms with Crippen LogP contribution in [-0.2, 0) is 4.79 Å². The van der Waals surface area contributed by atoms with Crippen LogP contribution in [0.3, 0.4) is 0 Å². The third-order valence-electron chi connectivity index (χ3n) is 4.00. The first-order valence-electron chi connectivity index (χ1n) is 4.67. The SMILES string of the molecule is CC(C)[C@]12CC(=O)[C@](C)(O)[C@H]1C2. The molecule has 0 aromatic heterocycles. The molecule has 2 nitrogen and oxygen atoms in total. The average molecular weight is 168 g/mol. The molecule has 2 saturated carbocycles. The number of ketones is 1. The van der Waals surface area contributed by atoms with E-state index in [0.29, 0.717) is 12.3 Å². The van der Waals surface area contributed by atoms with Crippen LogP contribution in [0, 0.1) is 17.3 Å². The summed E-state index contributed by atoms with van der Waals surface area (Å²) < 4.78 is 0. The molecule has 0 radical (unpaired) electrons. The maximum absolute atomic E-state index is 11.4. The number of fused-ring (bicyclic) bond motifs is 1. The molecule has 12 heavy (non-hydrogen) atoms. The fourth-order valence-electron chi connectivity index (χ4n) is 2.79. The standard InChI is InChI=1S/C10H16O2/c1-6(2)10-4-7(10)9(3,12)8(11)5-10/h6-7,12H,4-5H2,1-3H3/t7-,9-,10+/m1/s1. The van der Waals surface area contributed by atoms with Gasteiger partial charge in [-0.05, 0) is 24.7 Å². The molecule has 2 aliphatic carbocycles. The molecule has 0 aromatic carbocycles. The first kappa shape index (κ1) is 8.24. The molecule has 0 aromatic rings. The molecule has 0 heterocycles. The summed E-state index contributed by atoms with van der Waals surface area (Å²) in [5.41, 5.74) is -0.842. The fourth-order valence-corrected chi connectivity index (χ4v) is 2.79. The van der Waals surface area contributed by atoms with Gasteiger partial charge in [-0.1, -0.05) is 13.8 Å². The van der Waals surface area contributed by atoms with Gasteiger partial charge >= 0.3 is 0 Å². The van der Waals surface area contributed by atoms with Crippen LogP contribution in [0.2, 0.25) is 0 Å². The predicted octanol–water partition coefficient (Wildman–Crippen LogP) is 1.37. The monoisotopic (exact) mass is 168 g/mol. The highest BCUT2D eigenvalue weighted by atomic mass is 16.3. The van der Waals surface area contributed by atoms with Crippen LogP contribution in [-0.4, -0.2) is 16.5 Å². The van der Waals surface area contributed by atoms with Crippen molar-refractivity contribution in [3.8, 4) is 0 Å². The van der Waals surface area contributed by atoms with E-state index in [2.05, 4.69) is 13.8 Å². The summed E-state index contributed by atoms with van der Waals surface area (Å²) in [5.74, 6) is 0.824. The van der Waals surface area contributed by atoms with E-state index in [1.807, 2.05) is 0 Å². The number of rotatable bonds is 1. The van der Waals surface area contributed by atoms with Gasteiger partial charge in [0.2, 0.25) is 0 Å². The molecule has 2 rings (SSSR count). The number of carbonyl (C=O) groups excluding carboxylic acids is 1. The molecule has 0 amide bonds. The van der Waals surface area contributed by atoms with E-state index in [1.54, 1.807) is 6.92 Å². The Morgan fingerprint density at radius 1 is 1.58 bits per heavy atom. The lowest BCUT2D eigenvalue weighted by Crippen LogP contribution is -2.33. The molecule has 0 spiro atoms. The van der Waals surface area contributed by atoms with Crippen molar-refractivity contribution in [2.45, 2.75) is 39.2 Å². The van der Waals surface area contributed by atoms with Crippen molar-refractivity contribution in [2.24, 2.45) is 17.3 Å². The van der Waals surface area contributed by atoms with E-state index in [-0.39, 0.29) is 17.1 Å². The van der Waals surface area contributed by atoms with Gasteiger partial charge in [0.25, 0.3) is 0 Å².